The number of fused-ring (bicyclic) bond motifs is 1. The van der Waals surface area contributed by atoms with E-state index >= 15 is 0 Å². The van der Waals surface area contributed by atoms with Gasteiger partial charge >= 0.3 is 6.09 Å². The van der Waals surface area contributed by atoms with Gasteiger partial charge in [0.25, 0.3) is 5.91 Å². The average Bonchev–Trinajstić information content (AvgIpc) is 3.95. The van der Waals surface area contributed by atoms with Crippen molar-refractivity contribution in [2.75, 3.05) is 13.7 Å². The van der Waals surface area contributed by atoms with Gasteiger partial charge in [0.05, 0.1) is 29.6 Å². The van der Waals surface area contributed by atoms with Crippen LogP contribution in [0.3, 0.4) is 0 Å². The molecule has 15 heteroatoms. The van der Waals surface area contributed by atoms with E-state index in [0.29, 0.717) is 53.8 Å². The van der Waals surface area contributed by atoms with Crippen LogP contribution in [0.25, 0.3) is 22.2 Å². The summed E-state index contributed by atoms with van der Waals surface area (Å²) in [5.74, 6) is -1.61. The number of hydrogen-bond donors (Lipinski definition) is 3. The van der Waals surface area contributed by atoms with Crippen molar-refractivity contribution < 1.29 is 41.8 Å². The summed E-state index contributed by atoms with van der Waals surface area (Å²) in [5.41, 5.74) is -0.274. The summed E-state index contributed by atoms with van der Waals surface area (Å²) < 4.78 is 45.2. The zero-order chi connectivity index (χ0) is 41.6. The average molecular weight is 816 g/mol. The highest BCUT2D eigenvalue weighted by Gasteiger charge is 2.63. The molecule has 3 saturated carbocycles. The number of sulfonamides is 1. The number of nitrogens with one attached hydrogen (secondary N) is 3. The molecule has 4 amide bonds. The molecule has 5 atom stereocenters. The minimum Gasteiger partial charge on any atom is -0.497 e. The fourth-order valence-corrected chi connectivity index (χ4v) is 9.43. The second-order valence-corrected chi connectivity index (χ2v) is 19.5. The van der Waals surface area contributed by atoms with E-state index in [9.17, 15) is 27.6 Å². The number of benzene rings is 2. The zero-order valence-electron chi connectivity index (χ0n) is 33.7. The Labute approximate surface area is 339 Å². The lowest BCUT2D eigenvalue weighted by Crippen LogP contribution is -2.59. The fraction of sp³-hybridized carbons (Fsp3) is 0.512. The quantitative estimate of drug-likeness (QED) is 0.189. The van der Waals surface area contributed by atoms with Crippen LogP contribution in [-0.2, 0) is 29.1 Å². The number of pyridine rings is 1. The second kappa shape index (κ2) is 15.5. The number of methoxy groups -OCH3 is 1. The Balaban J connectivity index is 1.22. The van der Waals surface area contributed by atoms with Crippen LogP contribution in [0.15, 0.2) is 67.3 Å². The van der Waals surface area contributed by atoms with Crippen molar-refractivity contribution >= 4 is 44.7 Å². The van der Waals surface area contributed by atoms with Crippen molar-refractivity contribution in [1.29, 1.82) is 0 Å². The molecule has 58 heavy (non-hydrogen) atoms. The number of amides is 4. The van der Waals surface area contributed by atoms with Crippen LogP contribution in [0.1, 0.15) is 79.1 Å². The Kier molecular flexibility index (Phi) is 11.0. The van der Waals surface area contributed by atoms with E-state index in [2.05, 4.69) is 21.9 Å². The first-order valence-electron chi connectivity index (χ1n) is 20.0. The standard InChI is InChI=1S/C43H53N5O9S/c1-7-28-24-43(28,39(51)47-58(53,54)42(5)19-20-42)46-37(49)34-22-30(25-48(34)38(50)36(27-15-11-12-16-27)45-40(52)57-41(2,3)4)56-35-23-32(26-13-9-8-10-14-26)44-33-21-29(55-6)17-18-31(33)35/h7-10,13-14,17-18,21,23,27-28,30,34,36H,1,11-12,15-16,19-20,22,24-25H2,2-6H3,(H,45,52)(H,46,49)(H,47,51). The Hall–Kier alpha value is -5.18. The lowest BCUT2D eigenvalue weighted by Gasteiger charge is -2.32. The maximum atomic E-state index is 14.8. The minimum atomic E-state index is -4.01. The van der Waals surface area contributed by atoms with Crippen LogP contribution < -0.4 is 24.8 Å². The van der Waals surface area contributed by atoms with Crippen LogP contribution in [0.4, 0.5) is 4.79 Å². The smallest absolute Gasteiger partial charge is 0.408 e. The summed E-state index contributed by atoms with van der Waals surface area (Å²) in [7, 11) is -2.44. The van der Waals surface area contributed by atoms with Gasteiger partial charge in [0.2, 0.25) is 21.8 Å². The van der Waals surface area contributed by atoms with E-state index in [-0.39, 0.29) is 25.3 Å². The predicted molar refractivity (Wildman–Crippen MR) is 217 cm³/mol. The molecule has 1 saturated heterocycles. The second-order valence-electron chi connectivity index (χ2n) is 17.3. The SMILES string of the molecule is C=CC1CC1(NC(=O)C1CC(Oc2cc(-c3ccccc3)nc3cc(OC)ccc23)CN1C(=O)C(NC(=O)OC(C)(C)C)C1CCCC1)C(=O)NS(=O)(=O)C1(C)CC1. The Morgan fingerprint density at radius 2 is 1.74 bits per heavy atom. The maximum Gasteiger partial charge on any atom is 0.408 e. The summed E-state index contributed by atoms with van der Waals surface area (Å²) in [5, 5.41) is 6.37. The van der Waals surface area contributed by atoms with Crippen molar-refractivity contribution in [3.63, 3.8) is 0 Å². The van der Waals surface area contributed by atoms with E-state index in [0.717, 1.165) is 18.4 Å². The molecule has 4 fully saturated rings. The van der Waals surface area contributed by atoms with Crippen molar-refractivity contribution in [3.8, 4) is 22.8 Å². The summed E-state index contributed by atoms with van der Waals surface area (Å²) in [6.45, 7) is 10.6. The minimum absolute atomic E-state index is 0.0202. The molecule has 2 heterocycles. The van der Waals surface area contributed by atoms with Gasteiger partial charge in [0.15, 0.2) is 0 Å². The molecule has 3 N–H and O–H groups in total. The Bertz CT molecular complexity index is 2220. The van der Waals surface area contributed by atoms with Crippen molar-refractivity contribution in [3.05, 3.63) is 67.3 Å². The van der Waals surface area contributed by atoms with Crippen LogP contribution in [0.5, 0.6) is 11.5 Å². The number of rotatable bonds is 13. The molecule has 0 radical (unpaired) electrons. The fourth-order valence-electron chi connectivity index (χ4n) is 8.12. The molecule has 4 aliphatic rings. The molecule has 0 bridgehead atoms. The first-order valence-corrected chi connectivity index (χ1v) is 21.5. The number of hydrogen-bond acceptors (Lipinski definition) is 10. The van der Waals surface area contributed by atoms with E-state index in [1.807, 2.05) is 48.5 Å². The molecule has 3 aliphatic carbocycles. The van der Waals surface area contributed by atoms with Crippen LogP contribution in [0.2, 0.25) is 0 Å². The van der Waals surface area contributed by atoms with Gasteiger partial charge < -0.3 is 29.7 Å². The maximum absolute atomic E-state index is 14.8. The van der Waals surface area contributed by atoms with Gasteiger partial charge in [-0.15, -0.1) is 6.58 Å². The molecule has 5 unspecified atom stereocenters. The van der Waals surface area contributed by atoms with Crippen LogP contribution in [0, 0.1) is 11.8 Å². The number of alkyl carbamates (subject to hydrolysis) is 1. The summed E-state index contributed by atoms with van der Waals surface area (Å²) in [4.78, 5) is 62.7. The van der Waals surface area contributed by atoms with Crippen molar-refractivity contribution in [1.82, 2.24) is 25.2 Å². The Morgan fingerprint density at radius 1 is 1.03 bits per heavy atom. The molecule has 0 spiro atoms. The molecule has 14 nitrogen and oxygen atoms in total. The molecule has 310 valence electrons. The van der Waals surface area contributed by atoms with E-state index in [4.69, 9.17) is 19.2 Å². The topological polar surface area (TPSA) is 182 Å². The summed E-state index contributed by atoms with van der Waals surface area (Å²) in [6, 6.07) is 14.8. The molecular formula is C43H53N5O9S. The number of ether oxygens (including phenoxy) is 3. The largest absolute Gasteiger partial charge is 0.497 e. The monoisotopic (exact) mass is 815 g/mol. The van der Waals surface area contributed by atoms with Gasteiger partial charge in [-0.05, 0) is 77.8 Å². The third-order valence-corrected chi connectivity index (χ3v) is 14.0. The molecule has 7 rings (SSSR count). The number of nitrogens with zero attached hydrogens (tertiary/aromatic N) is 2. The summed E-state index contributed by atoms with van der Waals surface area (Å²) in [6.07, 6.45) is 4.24. The van der Waals surface area contributed by atoms with Gasteiger partial charge in [-0.1, -0.05) is 49.2 Å². The first kappa shape index (κ1) is 41.0. The lowest BCUT2D eigenvalue weighted by molar-refractivity contribution is -0.142. The number of carbonyl (C=O) groups excluding carboxylic acids is 4. The summed E-state index contributed by atoms with van der Waals surface area (Å²) >= 11 is 0. The van der Waals surface area contributed by atoms with Gasteiger partial charge in [0, 0.05) is 35.4 Å². The van der Waals surface area contributed by atoms with Crippen LogP contribution >= 0.6 is 0 Å². The first-order chi connectivity index (χ1) is 27.5. The molecule has 2 aromatic carbocycles. The molecule has 1 aliphatic heterocycles. The van der Waals surface area contributed by atoms with Gasteiger partial charge in [-0.2, -0.15) is 0 Å². The molecule has 1 aromatic heterocycles. The van der Waals surface area contributed by atoms with Crippen molar-refractivity contribution in [2.45, 2.75) is 113 Å². The lowest BCUT2D eigenvalue weighted by atomic mass is 9.96. The highest BCUT2D eigenvalue weighted by atomic mass is 32.2. The van der Waals surface area contributed by atoms with Crippen molar-refractivity contribution in [2.24, 2.45) is 11.8 Å². The normalized spacial score (nSPS) is 24.4. The van der Waals surface area contributed by atoms with Gasteiger partial charge in [-0.3, -0.25) is 19.1 Å². The predicted octanol–water partition coefficient (Wildman–Crippen LogP) is 5.40. The highest BCUT2D eigenvalue weighted by Crippen LogP contribution is 2.47. The number of aromatic nitrogens is 1. The number of likely N-dealkylation sites (tertiary alicyclic amines) is 1. The van der Waals surface area contributed by atoms with Crippen LogP contribution in [-0.4, -0.2) is 89.8 Å². The van der Waals surface area contributed by atoms with E-state index in [1.165, 1.54) is 11.0 Å². The Morgan fingerprint density at radius 3 is 2.36 bits per heavy atom. The van der Waals surface area contributed by atoms with E-state index in [1.54, 1.807) is 40.9 Å². The zero-order valence-corrected chi connectivity index (χ0v) is 34.5. The highest BCUT2D eigenvalue weighted by molar-refractivity contribution is 7.91. The third-order valence-electron chi connectivity index (χ3n) is 11.9. The van der Waals surface area contributed by atoms with Gasteiger partial charge in [0.1, 0.15) is 40.8 Å². The molecular weight excluding hydrogens is 763 g/mol. The number of carbonyl (C=O) groups is 4. The third kappa shape index (κ3) is 8.36. The van der Waals surface area contributed by atoms with Gasteiger partial charge in [-0.25, -0.2) is 18.2 Å². The van der Waals surface area contributed by atoms with E-state index < -0.39 is 73.8 Å². The molecule has 3 aromatic rings.